The zero-order valence-electron chi connectivity index (χ0n) is 10.7. The van der Waals surface area contributed by atoms with Crippen molar-refractivity contribution < 1.29 is 13.9 Å². The zero-order chi connectivity index (χ0) is 15.4. The van der Waals surface area contributed by atoms with Gasteiger partial charge < -0.3 is 4.74 Å². The summed E-state index contributed by atoms with van der Waals surface area (Å²) in [5.41, 5.74) is 3.13. The highest BCUT2D eigenvalue weighted by Gasteiger charge is 2.13. The molecule has 3 N–H and O–H groups in total. The van der Waals surface area contributed by atoms with Crippen LogP contribution in [0.5, 0.6) is 5.75 Å². The summed E-state index contributed by atoms with van der Waals surface area (Å²) >= 11 is 9.38. The largest absolute Gasteiger partial charge is 0.486 e. The fourth-order valence-corrected chi connectivity index (χ4v) is 2.61. The predicted molar refractivity (Wildman–Crippen MR) is 81.5 cm³/mol. The maximum Gasteiger partial charge on any atom is 0.265 e. The summed E-state index contributed by atoms with van der Waals surface area (Å²) in [6.45, 7) is 0.223. The van der Waals surface area contributed by atoms with Gasteiger partial charge in [-0.2, -0.15) is 0 Å². The van der Waals surface area contributed by atoms with E-state index in [0.717, 1.165) is 5.56 Å². The van der Waals surface area contributed by atoms with Crippen LogP contribution in [0.2, 0.25) is 5.02 Å². The molecule has 4 nitrogen and oxygen atoms in total. The smallest absolute Gasteiger partial charge is 0.265 e. The van der Waals surface area contributed by atoms with Crippen molar-refractivity contribution in [3.8, 4) is 5.75 Å². The van der Waals surface area contributed by atoms with Crippen molar-refractivity contribution in [1.82, 2.24) is 5.43 Å². The average molecular weight is 374 g/mol. The van der Waals surface area contributed by atoms with E-state index in [1.165, 1.54) is 18.2 Å². The van der Waals surface area contributed by atoms with Gasteiger partial charge in [-0.1, -0.05) is 23.7 Å². The van der Waals surface area contributed by atoms with Crippen molar-refractivity contribution in [2.24, 2.45) is 5.84 Å². The fraction of sp³-hybridized carbons (Fsp3) is 0.0714. The Morgan fingerprint density at radius 1 is 1.33 bits per heavy atom. The van der Waals surface area contributed by atoms with Gasteiger partial charge in [-0.3, -0.25) is 10.2 Å². The molecule has 2 aromatic rings. The molecule has 2 aromatic carbocycles. The van der Waals surface area contributed by atoms with E-state index in [2.05, 4.69) is 15.9 Å². The Morgan fingerprint density at radius 2 is 2.00 bits per heavy atom. The summed E-state index contributed by atoms with van der Waals surface area (Å²) in [4.78, 5) is 11.4. The van der Waals surface area contributed by atoms with Crippen LogP contribution in [0.15, 0.2) is 40.9 Å². The Bertz CT molecular complexity index is 642. The Morgan fingerprint density at radius 3 is 2.57 bits per heavy atom. The number of benzene rings is 2. The second kappa shape index (κ2) is 6.89. The van der Waals surface area contributed by atoms with Gasteiger partial charge in [0.05, 0.1) is 9.50 Å². The van der Waals surface area contributed by atoms with E-state index in [4.69, 9.17) is 22.2 Å². The van der Waals surface area contributed by atoms with E-state index in [1.807, 2.05) is 5.43 Å². The number of amides is 1. The van der Waals surface area contributed by atoms with Crippen LogP contribution in [-0.4, -0.2) is 5.91 Å². The molecule has 0 atom stereocenters. The molecule has 0 saturated carbocycles. The molecule has 0 saturated heterocycles. The van der Waals surface area contributed by atoms with Gasteiger partial charge in [-0.25, -0.2) is 10.2 Å². The molecule has 0 heterocycles. The molecule has 1 amide bonds. The first-order valence-electron chi connectivity index (χ1n) is 5.88. The average Bonchev–Trinajstić information content (AvgIpc) is 2.47. The minimum atomic E-state index is -0.456. The minimum Gasteiger partial charge on any atom is -0.486 e. The van der Waals surface area contributed by atoms with Crippen LogP contribution in [-0.2, 0) is 6.61 Å². The molecule has 21 heavy (non-hydrogen) atoms. The highest BCUT2D eigenvalue weighted by atomic mass is 79.9. The van der Waals surface area contributed by atoms with Crippen LogP contribution >= 0.6 is 27.5 Å². The first-order chi connectivity index (χ1) is 10.0. The topological polar surface area (TPSA) is 64.3 Å². The van der Waals surface area contributed by atoms with Gasteiger partial charge in [0.15, 0.2) is 5.75 Å². The maximum absolute atomic E-state index is 12.8. The fourth-order valence-electron chi connectivity index (χ4n) is 1.65. The molecule has 0 spiro atoms. The molecule has 0 fully saturated rings. The number of halogens is 3. The number of carbonyl (C=O) groups excluding carboxylic acids is 1. The van der Waals surface area contributed by atoms with Crippen molar-refractivity contribution >= 4 is 33.4 Å². The molecule has 110 valence electrons. The number of carbonyl (C=O) groups is 1. The van der Waals surface area contributed by atoms with Gasteiger partial charge in [0.2, 0.25) is 0 Å². The summed E-state index contributed by atoms with van der Waals surface area (Å²) in [7, 11) is 0. The second-order valence-electron chi connectivity index (χ2n) is 4.16. The third-order valence-electron chi connectivity index (χ3n) is 2.69. The van der Waals surface area contributed by atoms with Crippen LogP contribution in [0.4, 0.5) is 4.39 Å². The van der Waals surface area contributed by atoms with E-state index in [1.54, 1.807) is 18.2 Å². The zero-order valence-corrected chi connectivity index (χ0v) is 13.0. The van der Waals surface area contributed by atoms with Gasteiger partial charge in [-0.05, 0) is 45.8 Å². The summed E-state index contributed by atoms with van der Waals surface area (Å²) in [6, 6.07) is 8.94. The van der Waals surface area contributed by atoms with Crippen molar-refractivity contribution in [1.29, 1.82) is 0 Å². The van der Waals surface area contributed by atoms with Crippen LogP contribution < -0.4 is 16.0 Å². The lowest BCUT2D eigenvalue weighted by Gasteiger charge is -2.11. The Balaban J connectivity index is 2.17. The number of hydrogen-bond acceptors (Lipinski definition) is 3. The van der Waals surface area contributed by atoms with Crippen molar-refractivity contribution in [3.63, 3.8) is 0 Å². The van der Waals surface area contributed by atoms with E-state index in [9.17, 15) is 9.18 Å². The summed E-state index contributed by atoms with van der Waals surface area (Å²) in [6.07, 6.45) is 0. The molecule has 2 rings (SSSR count). The number of nitrogens with one attached hydrogen (secondary N) is 1. The summed E-state index contributed by atoms with van der Waals surface area (Å²) < 4.78 is 18.9. The predicted octanol–water partition coefficient (Wildman–Crippen LogP) is 3.42. The molecule has 7 heteroatoms. The number of ether oxygens (including phenoxy) is 1. The number of nitrogen functional groups attached to an aromatic ring is 1. The third-order valence-corrected chi connectivity index (χ3v) is 3.56. The van der Waals surface area contributed by atoms with Gasteiger partial charge in [-0.15, -0.1) is 0 Å². The Hall–Kier alpha value is -1.63. The van der Waals surface area contributed by atoms with Crippen LogP contribution in [0.1, 0.15) is 15.9 Å². The van der Waals surface area contributed by atoms with E-state index >= 15 is 0 Å². The standard InChI is InChI=1S/C14H11BrClFN2O2/c15-11-5-9(14(20)19-18)6-12(16)13(11)21-7-8-1-3-10(17)4-2-8/h1-6H,7,18H2,(H,19,20). The monoisotopic (exact) mass is 372 g/mol. The Kier molecular flexibility index (Phi) is 5.17. The highest BCUT2D eigenvalue weighted by molar-refractivity contribution is 9.10. The molecule has 0 aliphatic carbocycles. The van der Waals surface area contributed by atoms with Crippen LogP contribution in [0.25, 0.3) is 0 Å². The maximum atomic E-state index is 12.8. The van der Waals surface area contributed by atoms with E-state index < -0.39 is 5.91 Å². The SMILES string of the molecule is NNC(=O)c1cc(Cl)c(OCc2ccc(F)cc2)c(Br)c1. The number of hydrogen-bond donors (Lipinski definition) is 2. The van der Waals surface area contributed by atoms with Gasteiger partial charge in [0, 0.05) is 5.56 Å². The molecule has 0 aliphatic heterocycles. The molecule has 0 radical (unpaired) electrons. The quantitative estimate of drug-likeness (QED) is 0.490. The normalized spacial score (nSPS) is 10.3. The van der Waals surface area contributed by atoms with Crippen LogP contribution in [0, 0.1) is 5.82 Å². The first kappa shape index (κ1) is 15.8. The molecule has 0 bridgehead atoms. The first-order valence-corrected chi connectivity index (χ1v) is 7.05. The van der Waals surface area contributed by atoms with Crippen LogP contribution in [0.3, 0.4) is 0 Å². The number of hydrazine groups is 1. The lowest BCUT2D eigenvalue weighted by atomic mass is 10.2. The van der Waals surface area contributed by atoms with Gasteiger partial charge >= 0.3 is 0 Å². The molecule has 0 aliphatic rings. The lowest BCUT2D eigenvalue weighted by Crippen LogP contribution is -2.29. The third kappa shape index (κ3) is 3.93. The second-order valence-corrected chi connectivity index (χ2v) is 5.42. The summed E-state index contributed by atoms with van der Waals surface area (Å²) in [5, 5.41) is 0.269. The number of rotatable bonds is 4. The highest BCUT2D eigenvalue weighted by Crippen LogP contribution is 2.35. The van der Waals surface area contributed by atoms with E-state index in [-0.39, 0.29) is 17.4 Å². The van der Waals surface area contributed by atoms with Gasteiger partial charge in [0.1, 0.15) is 12.4 Å². The van der Waals surface area contributed by atoms with Crippen molar-refractivity contribution in [3.05, 3.63) is 62.8 Å². The Labute approximate surface area is 134 Å². The lowest BCUT2D eigenvalue weighted by molar-refractivity contribution is 0.0953. The molecular formula is C14H11BrClFN2O2. The minimum absolute atomic E-state index is 0.223. The molecule has 0 unspecified atom stereocenters. The van der Waals surface area contributed by atoms with E-state index in [0.29, 0.717) is 15.8 Å². The van der Waals surface area contributed by atoms with Crippen molar-refractivity contribution in [2.45, 2.75) is 6.61 Å². The number of nitrogens with two attached hydrogens (primary N) is 1. The molecule has 0 aromatic heterocycles. The summed E-state index contributed by atoms with van der Waals surface area (Å²) in [5.74, 6) is 4.70. The van der Waals surface area contributed by atoms with Gasteiger partial charge in [0.25, 0.3) is 5.91 Å². The molecular weight excluding hydrogens is 363 g/mol. The van der Waals surface area contributed by atoms with Crippen molar-refractivity contribution in [2.75, 3.05) is 0 Å².